The third-order valence-electron chi connectivity index (χ3n) is 10.6. The second kappa shape index (κ2) is 10.4. The van der Waals surface area contributed by atoms with Crippen LogP contribution in [0.3, 0.4) is 0 Å². The van der Waals surface area contributed by atoms with Crippen molar-refractivity contribution in [2.24, 2.45) is 0 Å². The van der Waals surface area contributed by atoms with Crippen molar-refractivity contribution in [1.29, 1.82) is 0 Å². The molecular weight excluding hydrogens is 605 g/mol. The van der Waals surface area contributed by atoms with Gasteiger partial charge in [-0.1, -0.05) is 133 Å². The molecule has 8 aromatic carbocycles. The number of hydrogen-bond acceptors (Lipinski definition) is 0. The molecule has 11 aromatic rings. The van der Waals surface area contributed by atoms with Crippen LogP contribution in [-0.2, 0) is 0 Å². The fraction of sp³-hybridized carbons (Fsp3) is 0. The van der Waals surface area contributed by atoms with Crippen molar-refractivity contribution in [3.8, 4) is 39.1 Å². The number of rotatable bonds is 4. The summed E-state index contributed by atoms with van der Waals surface area (Å²) in [5.41, 5.74) is 14.8. The fourth-order valence-electron chi connectivity index (χ4n) is 8.45. The van der Waals surface area contributed by atoms with E-state index in [1.165, 1.54) is 99.0 Å². The molecule has 0 bridgehead atoms. The first-order valence-electron chi connectivity index (χ1n) is 17.3. The molecule has 2 nitrogen and oxygen atoms in total. The first kappa shape index (κ1) is 27.3. The maximum atomic E-state index is 2.48. The van der Waals surface area contributed by atoms with E-state index in [1.54, 1.807) is 0 Å². The van der Waals surface area contributed by atoms with Crippen LogP contribution in [0.25, 0.3) is 99.0 Å². The Labute approximate surface area is 289 Å². The lowest BCUT2D eigenvalue weighted by Gasteiger charge is -2.11. The minimum Gasteiger partial charge on any atom is -0.309 e. The molecule has 3 aromatic heterocycles. The molecule has 0 spiro atoms. The lowest BCUT2D eigenvalue weighted by molar-refractivity contribution is 1.18. The Balaban J connectivity index is 1.09. The van der Waals surface area contributed by atoms with E-state index < -0.39 is 0 Å². The summed E-state index contributed by atoms with van der Waals surface area (Å²) in [5.74, 6) is 0. The van der Waals surface area contributed by atoms with Gasteiger partial charge in [0.2, 0.25) is 0 Å². The van der Waals surface area contributed by atoms with Gasteiger partial charge < -0.3 is 8.97 Å². The third kappa shape index (κ3) is 3.85. The number of aromatic nitrogens is 2. The van der Waals surface area contributed by atoms with Gasteiger partial charge in [0.1, 0.15) is 0 Å². The Kier molecular flexibility index (Phi) is 5.70. The number of benzene rings is 8. The van der Waals surface area contributed by atoms with Crippen LogP contribution in [0.2, 0.25) is 0 Å². The zero-order valence-electron chi connectivity index (χ0n) is 27.2. The molecule has 0 fully saturated rings. The summed E-state index contributed by atoms with van der Waals surface area (Å²) in [4.78, 5) is 0. The molecule has 0 aliphatic rings. The SMILES string of the molecule is c1ccc(-c2cccc(-n3c4ccccc4c4cc(-c5ccc6c(c5)c5cccc7c8c(-c9ccccc9)cccc8n6c57)ccc43)c2)cc1. The van der Waals surface area contributed by atoms with Gasteiger partial charge in [-0.05, 0) is 81.9 Å². The van der Waals surface area contributed by atoms with Gasteiger partial charge in [0, 0.05) is 38.0 Å². The van der Waals surface area contributed by atoms with Gasteiger partial charge in [-0.15, -0.1) is 0 Å². The Bertz CT molecular complexity index is 3070. The monoisotopic (exact) mass is 634 g/mol. The molecule has 3 heterocycles. The standard InChI is InChI=1S/C48H30N2/c1-3-12-31(13-4-1)33-16-9-17-36(28-33)49-43-22-8-7-18-38(43)41-29-34(24-26-44(41)49)35-25-27-45-42(30-35)39-20-10-21-40-47-37(32-14-5-2-6-15-32)19-11-23-46(47)50(45)48(39)40/h1-30H. The number of para-hydroxylation sites is 2. The lowest BCUT2D eigenvalue weighted by Crippen LogP contribution is -1.94. The van der Waals surface area contributed by atoms with Gasteiger partial charge in [0.25, 0.3) is 0 Å². The van der Waals surface area contributed by atoms with E-state index >= 15 is 0 Å². The van der Waals surface area contributed by atoms with Crippen molar-refractivity contribution in [1.82, 2.24) is 8.97 Å². The van der Waals surface area contributed by atoms with Crippen LogP contribution in [0.5, 0.6) is 0 Å². The molecular formula is C48H30N2. The smallest absolute Gasteiger partial charge is 0.0620 e. The maximum Gasteiger partial charge on any atom is 0.0620 e. The van der Waals surface area contributed by atoms with E-state index in [2.05, 4.69) is 191 Å². The normalized spacial score (nSPS) is 12.0. The molecule has 0 aliphatic carbocycles. The Morgan fingerprint density at radius 2 is 0.860 bits per heavy atom. The minimum atomic E-state index is 1.17. The topological polar surface area (TPSA) is 9.34 Å². The van der Waals surface area contributed by atoms with E-state index in [0.717, 1.165) is 0 Å². The van der Waals surface area contributed by atoms with Crippen LogP contribution < -0.4 is 0 Å². The first-order chi connectivity index (χ1) is 24.8. The molecule has 0 atom stereocenters. The maximum absolute atomic E-state index is 2.48. The molecule has 11 rings (SSSR count). The Morgan fingerprint density at radius 3 is 1.68 bits per heavy atom. The molecule has 0 radical (unpaired) electrons. The summed E-state index contributed by atoms with van der Waals surface area (Å²) in [6.07, 6.45) is 0. The first-order valence-corrected chi connectivity index (χ1v) is 17.3. The zero-order valence-corrected chi connectivity index (χ0v) is 27.2. The van der Waals surface area contributed by atoms with Crippen LogP contribution in [0.1, 0.15) is 0 Å². The zero-order chi connectivity index (χ0) is 32.8. The van der Waals surface area contributed by atoms with Crippen molar-refractivity contribution >= 4 is 59.9 Å². The van der Waals surface area contributed by atoms with Crippen LogP contribution in [0.4, 0.5) is 0 Å². The Hall–Kier alpha value is -6.64. The van der Waals surface area contributed by atoms with E-state index in [9.17, 15) is 0 Å². The third-order valence-corrected chi connectivity index (χ3v) is 10.6. The van der Waals surface area contributed by atoms with Gasteiger partial charge in [0.05, 0.1) is 27.6 Å². The molecule has 0 unspecified atom stereocenters. The summed E-state index contributed by atoms with van der Waals surface area (Å²) in [7, 11) is 0. The van der Waals surface area contributed by atoms with Crippen LogP contribution in [0, 0.1) is 0 Å². The van der Waals surface area contributed by atoms with Gasteiger partial charge in [-0.3, -0.25) is 0 Å². The van der Waals surface area contributed by atoms with E-state index in [0.29, 0.717) is 0 Å². The second-order valence-corrected chi connectivity index (χ2v) is 13.3. The summed E-state index contributed by atoms with van der Waals surface area (Å²) < 4.78 is 4.89. The molecule has 0 saturated carbocycles. The number of fused-ring (bicyclic) bond motifs is 9. The van der Waals surface area contributed by atoms with E-state index in [4.69, 9.17) is 0 Å². The van der Waals surface area contributed by atoms with E-state index in [-0.39, 0.29) is 0 Å². The average molecular weight is 635 g/mol. The molecule has 0 amide bonds. The Morgan fingerprint density at radius 1 is 0.300 bits per heavy atom. The van der Waals surface area contributed by atoms with Gasteiger partial charge in [-0.2, -0.15) is 0 Å². The van der Waals surface area contributed by atoms with Crippen molar-refractivity contribution in [2.45, 2.75) is 0 Å². The number of nitrogens with zero attached hydrogens (tertiary/aromatic N) is 2. The highest BCUT2D eigenvalue weighted by Gasteiger charge is 2.20. The molecule has 2 heteroatoms. The summed E-state index contributed by atoms with van der Waals surface area (Å²) in [6.45, 7) is 0. The van der Waals surface area contributed by atoms with Crippen LogP contribution in [-0.4, -0.2) is 8.97 Å². The van der Waals surface area contributed by atoms with Crippen molar-refractivity contribution in [2.75, 3.05) is 0 Å². The highest BCUT2D eigenvalue weighted by Crippen LogP contribution is 2.44. The quantitative estimate of drug-likeness (QED) is 0.182. The second-order valence-electron chi connectivity index (χ2n) is 13.3. The molecule has 232 valence electrons. The highest BCUT2D eigenvalue weighted by molar-refractivity contribution is 6.26. The van der Waals surface area contributed by atoms with Crippen molar-refractivity contribution in [3.05, 3.63) is 182 Å². The van der Waals surface area contributed by atoms with Gasteiger partial charge in [-0.25, -0.2) is 0 Å². The average Bonchev–Trinajstić information content (AvgIpc) is 3.83. The number of hydrogen-bond donors (Lipinski definition) is 0. The molecule has 0 saturated heterocycles. The summed E-state index contributed by atoms with van der Waals surface area (Å²) >= 11 is 0. The van der Waals surface area contributed by atoms with Gasteiger partial charge >= 0.3 is 0 Å². The summed E-state index contributed by atoms with van der Waals surface area (Å²) in [5, 5.41) is 7.73. The van der Waals surface area contributed by atoms with E-state index in [1.807, 2.05) is 0 Å². The van der Waals surface area contributed by atoms with Crippen molar-refractivity contribution in [3.63, 3.8) is 0 Å². The van der Waals surface area contributed by atoms with Crippen LogP contribution in [0.15, 0.2) is 182 Å². The molecule has 50 heavy (non-hydrogen) atoms. The highest BCUT2D eigenvalue weighted by atomic mass is 15.0. The predicted molar refractivity (Wildman–Crippen MR) is 212 cm³/mol. The largest absolute Gasteiger partial charge is 0.309 e. The fourth-order valence-corrected chi connectivity index (χ4v) is 8.45. The van der Waals surface area contributed by atoms with Gasteiger partial charge in [0.15, 0.2) is 0 Å². The lowest BCUT2D eigenvalue weighted by atomic mass is 9.98. The molecule has 0 aliphatic heterocycles. The van der Waals surface area contributed by atoms with Crippen LogP contribution >= 0.6 is 0 Å². The molecule has 0 N–H and O–H groups in total. The minimum absolute atomic E-state index is 1.17. The summed E-state index contributed by atoms with van der Waals surface area (Å²) in [6, 6.07) is 66.6. The predicted octanol–water partition coefficient (Wildman–Crippen LogP) is 12.9. The van der Waals surface area contributed by atoms with Crippen molar-refractivity contribution < 1.29 is 0 Å².